The summed E-state index contributed by atoms with van der Waals surface area (Å²) in [7, 11) is -4.74. The van der Waals surface area contributed by atoms with E-state index in [9.17, 15) is 23.1 Å². The van der Waals surface area contributed by atoms with Gasteiger partial charge in [-0.3, -0.25) is 10.1 Å². The van der Waals surface area contributed by atoms with Gasteiger partial charge in [-0.1, -0.05) is 12.1 Å². The zero-order valence-electron chi connectivity index (χ0n) is 9.60. The van der Waals surface area contributed by atoms with Crippen LogP contribution in [0.3, 0.4) is 0 Å². The van der Waals surface area contributed by atoms with Crippen LogP contribution < -0.4 is 29.6 Å². The van der Waals surface area contributed by atoms with Crippen molar-refractivity contribution in [2.45, 2.75) is 12.2 Å². The molecule has 0 fully saturated rings. The third-order valence-electron chi connectivity index (χ3n) is 1.84. The second-order valence-corrected chi connectivity index (χ2v) is 5.32. The monoisotopic (exact) mass is 301 g/mol. The molecule has 0 radical (unpaired) electrons. The molecule has 18 heavy (non-hydrogen) atoms. The Labute approximate surface area is 131 Å². The van der Waals surface area contributed by atoms with Crippen LogP contribution in [-0.4, -0.2) is 17.9 Å². The standard InChI is InChI=1S/C8H9NO6S2.Na/c1-6(16-15-17(12,13)14)7-2-4-8(5-3-7)9(10)11;/h2-6H,1H3,(H,12,13,14);/q;+1/p-1. The van der Waals surface area contributed by atoms with E-state index in [1.54, 1.807) is 6.92 Å². The molecule has 10 heteroatoms. The van der Waals surface area contributed by atoms with Crippen LogP contribution in [0.15, 0.2) is 24.3 Å². The molecule has 94 valence electrons. The number of nitro groups is 1. The van der Waals surface area contributed by atoms with E-state index in [4.69, 9.17) is 0 Å². The van der Waals surface area contributed by atoms with Gasteiger partial charge in [0.05, 0.1) is 10.2 Å². The first-order valence-corrected chi connectivity index (χ1v) is 6.48. The number of non-ortho nitro benzene ring substituents is 1. The van der Waals surface area contributed by atoms with Crippen LogP contribution in [0.2, 0.25) is 0 Å². The molecule has 7 nitrogen and oxygen atoms in total. The van der Waals surface area contributed by atoms with Gasteiger partial charge in [0.2, 0.25) is 10.4 Å². The molecule has 0 aliphatic heterocycles. The third kappa shape index (κ3) is 6.14. The molecule has 0 spiro atoms. The van der Waals surface area contributed by atoms with Crippen molar-refractivity contribution < 1.29 is 51.1 Å². The van der Waals surface area contributed by atoms with Crippen molar-refractivity contribution in [1.29, 1.82) is 0 Å². The maximum atomic E-state index is 10.4. The van der Waals surface area contributed by atoms with E-state index in [-0.39, 0.29) is 35.2 Å². The fourth-order valence-electron chi connectivity index (χ4n) is 1.03. The average molecular weight is 301 g/mol. The number of hydrogen-bond donors (Lipinski definition) is 0. The summed E-state index contributed by atoms with van der Waals surface area (Å²) in [6, 6.07) is 5.52. The van der Waals surface area contributed by atoms with Crippen molar-refractivity contribution in [2.75, 3.05) is 0 Å². The summed E-state index contributed by atoms with van der Waals surface area (Å²) >= 11 is 0.480. The number of nitro benzene ring substituents is 1. The van der Waals surface area contributed by atoms with Gasteiger partial charge in [-0.25, -0.2) is 12.0 Å². The number of rotatable bonds is 5. The molecule has 1 unspecified atom stereocenters. The van der Waals surface area contributed by atoms with Crippen molar-refractivity contribution in [1.82, 2.24) is 0 Å². The average Bonchev–Trinajstić information content (AvgIpc) is 2.25. The van der Waals surface area contributed by atoms with Crippen LogP contribution >= 0.6 is 12.0 Å². The van der Waals surface area contributed by atoms with Crippen molar-refractivity contribution in [2.24, 2.45) is 0 Å². The summed E-state index contributed by atoms with van der Waals surface area (Å²) in [5, 5.41) is 9.96. The van der Waals surface area contributed by atoms with Gasteiger partial charge in [-0.15, -0.1) is 0 Å². The van der Waals surface area contributed by atoms with Crippen LogP contribution in [0.1, 0.15) is 17.7 Å². The molecular formula is C8H8NNaO6S2. The Morgan fingerprint density at radius 2 is 1.83 bits per heavy atom. The third-order valence-corrected chi connectivity index (χ3v) is 3.38. The molecule has 0 heterocycles. The first-order valence-electron chi connectivity index (χ1n) is 4.35. The van der Waals surface area contributed by atoms with Crippen LogP contribution in [-0.2, 0) is 14.0 Å². The van der Waals surface area contributed by atoms with E-state index in [1.165, 1.54) is 24.3 Å². The van der Waals surface area contributed by atoms with Gasteiger partial charge in [0.25, 0.3) is 5.69 Å². The molecule has 0 N–H and O–H groups in total. The molecule has 1 aromatic carbocycles. The van der Waals surface area contributed by atoms with Gasteiger partial charge in [0.15, 0.2) is 0 Å². The van der Waals surface area contributed by atoms with E-state index in [1.807, 2.05) is 0 Å². The quantitative estimate of drug-likeness (QED) is 0.167. The van der Waals surface area contributed by atoms with E-state index < -0.39 is 20.6 Å². The Morgan fingerprint density at radius 1 is 1.33 bits per heavy atom. The Morgan fingerprint density at radius 3 is 2.22 bits per heavy atom. The van der Waals surface area contributed by atoms with Gasteiger partial charge in [-0.2, -0.15) is 0 Å². The number of nitrogens with zero attached hydrogens (tertiary/aromatic N) is 1. The topological polar surface area (TPSA) is 110 Å². The fraction of sp³-hybridized carbons (Fsp3) is 0.250. The van der Waals surface area contributed by atoms with E-state index in [2.05, 4.69) is 3.63 Å². The van der Waals surface area contributed by atoms with E-state index >= 15 is 0 Å². The van der Waals surface area contributed by atoms with Gasteiger partial charge in [0, 0.05) is 24.2 Å². The molecule has 1 aromatic rings. The minimum Gasteiger partial charge on any atom is -0.725 e. The van der Waals surface area contributed by atoms with Gasteiger partial charge in [-0.05, 0) is 12.5 Å². The second-order valence-electron chi connectivity index (χ2n) is 3.06. The maximum absolute atomic E-state index is 10.4. The van der Waals surface area contributed by atoms with Crippen molar-refractivity contribution >= 4 is 28.1 Å². The van der Waals surface area contributed by atoms with Gasteiger partial charge in [0.1, 0.15) is 0 Å². The van der Waals surface area contributed by atoms with Gasteiger partial charge < -0.3 is 4.55 Å². The summed E-state index contributed by atoms with van der Waals surface area (Å²) in [6.07, 6.45) is 0. The van der Waals surface area contributed by atoms with Crippen molar-refractivity contribution in [3.05, 3.63) is 39.9 Å². The largest absolute Gasteiger partial charge is 1.00 e. The normalized spacial score (nSPS) is 12.6. The molecular weight excluding hydrogens is 293 g/mol. The van der Waals surface area contributed by atoms with E-state index in [0.29, 0.717) is 17.6 Å². The molecule has 0 aliphatic rings. The molecule has 0 amide bonds. The first kappa shape index (κ1) is 17.8. The number of benzene rings is 1. The Hall–Kier alpha value is -0.160. The zero-order valence-corrected chi connectivity index (χ0v) is 13.2. The molecule has 1 atom stereocenters. The predicted molar refractivity (Wildman–Crippen MR) is 59.9 cm³/mol. The minimum absolute atomic E-state index is 0. The summed E-state index contributed by atoms with van der Waals surface area (Å²) in [4.78, 5) is 9.85. The smallest absolute Gasteiger partial charge is 0.725 e. The molecule has 1 rings (SSSR count). The fourth-order valence-corrected chi connectivity index (χ4v) is 2.15. The predicted octanol–water partition coefficient (Wildman–Crippen LogP) is -1.22. The Bertz CT molecular complexity index is 503. The van der Waals surface area contributed by atoms with Gasteiger partial charge >= 0.3 is 29.6 Å². The molecule has 0 saturated heterocycles. The van der Waals surface area contributed by atoms with E-state index in [0.717, 1.165) is 0 Å². The molecule has 0 bridgehead atoms. The van der Waals surface area contributed by atoms with Crippen molar-refractivity contribution in [3.8, 4) is 0 Å². The molecule has 0 aliphatic carbocycles. The maximum Gasteiger partial charge on any atom is 1.00 e. The number of hydrogen-bond acceptors (Lipinski definition) is 7. The second kappa shape index (κ2) is 7.43. The minimum atomic E-state index is -4.74. The summed E-state index contributed by atoms with van der Waals surface area (Å²) < 4.78 is 34.7. The first-order chi connectivity index (χ1) is 7.79. The Kier molecular flexibility index (Phi) is 7.37. The SMILES string of the molecule is CC(SOS(=O)(=O)[O-])c1ccc([N+](=O)[O-])cc1.[Na+]. The summed E-state index contributed by atoms with van der Waals surface area (Å²) in [5.41, 5.74) is 0.549. The summed E-state index contributed by atoms with van der Waals surface area (Å²) in [6.45, 7) is 1.61. The Balaban J connectivity index is 0.00000289. The molecule has 0 aromatic heterocycles. The zero-order chi connectivity index (χ0) is 13.1. The van der Waals surface area contributed by atoms with Crippen LogP contribution in [0, 0.1) is 10.1 Å². The summed E-state index contributed by atoms with van der Waals surface area (Å²) in [5.74, 6) is 0. The van der Waals surface area contributed by atoms with Crippen molar-refractivity contribution in [3.63, 3.8) is 0 Å². The van der Waals surface area contributed by atoms with Crippen LogP contribution in [0.5, 0.6) is 0 Å². The van der Waals surface area contributed by atoms with Crippen LogP contribution in [0.25, 0.3) is 0 Å². The van der Waals surface area contributed by atoms with Crippen LogP contribution in [0.4, 0.5) is 5.69 Å². The molecule has 0 saturated carbocycles.